The minimum absolute atomic E-state index is 0.124. The van der Waals surface area contributed by atoms with E-state index in [-0.39, 0.29) is 11.7 Å². The number of fused-ring (bicyclic) bond motifs is 1. The van der Waals surface area contributed by atoms with Gasteiger partial charge in [0.2, 0.25) is 0 Å². The predicted octanol–water partition coefficient (Wildman–Crippen LogP) is 2.81. The highest BCUT2D eigenvalue weighted by atomic mass is 19.1. The van der Waals surface area contributed by atoms with Gasteiger partial charge in [-0.15, -0.1) is 0 Å². The topological polar surface area (TPSA) is 48.0 Å². The lowest BCUT2D eigenvalue weighted by atomic mass is 10.1. The van der Waals surface area contributed by atoms with Gasteiger partial charge in [-0.05, 0) is 24.3 Å². The van der Waals surface area contributed by atoms with Crippen LogP contribution in [0.3, 0.4) is 0 Å². The second-order valence-electron chi connectivity index (χ2n) is 5.99. The maximum absolute atomic E-state index is 14.0. The van der Waals surface area contributed by atoms with Gasteiger partial charge in [0.25, 0.3) is 5.91 Å². The van der Waals surface area contributed by atoms with E-state index in [1.165, 1.54) is 6.07 Å². The van der Waals surface area contributed by atoms with Crippen molar-refractivity contribution in [2.24, 2.45) is 0 Å². The maximum Gasteiger partial charge on any atom is 0.254 e. The van der Waals surface area contributed by atoms with Crippen LogP contribution in [0.15, 0.2) is 42.5 Å². The molecule has 0 aromatic heterocycles. The first-order valence-electron chi connectivity index (χ1n) is 8.27. The summed E-state index contributed by atoms with van der Waals surface area (Å²) in [6.45, 7) is 2.13. The van der Waals surface area contributed by atoms with Gasteiger partial charge in [0, 0.05) is 17.7 Å². The number of carbonyl (C=O) groups is 1. The van der Waals surface area contributed by atoms with Crippen molar-refractivity contribution in [2.45, 2.75) is 6.10 Å². The van der Waals surface area contributed by atoms with Crippen LogP contribution >= 0.6 is 0 Å². The summed E-state index contributed by atoms with van der Waals surface area (Å²) >= 11 is 0. The number of hydrogen-bond donors (Lipinski definition) is 0. The van der Waals surface area contributed by atoms with Gasteiger partial charge in [0.1, 0.15) is 25.1 Å². The molecule has 0 radical (unpaired) electrons. The Bertz CT molecular complexity index is 795. The minimum atomic E-state index is -0.462. The van der Waals surface area contributed by atoms with Crippen LogP contribution < -0.4 is 9.47 Å². The SMILES string of the molecule is O=C(c1ccc2c(c1)OCCO2)N1CCO[C@H](c2ccccc2F)C1. The summed E-state index contributed by atoms with van der Waals surface area (Å²) in [6.07, 6.45) is -0.462. The Morgan fingerprint density at radius 3 is 2.68 bits per heavy atom. The van der Waals surface area contributed by atoms with Crippen molar-refractivity contribution in [3.05, 3.63) is 59.4 Å². The molecule has 0 bridgehead atoms. The number of carbonyl (C=O) groups excluding carboxylic acids is 1. The van der Waals surface area contributed by atoms with E-state index in [1.807, 2.05) is 0 Å². The van der Waals surface area contributed by atoms with Gasteiger partial charge >= 0.3 is 0 Å². The van der Waals surface area contributed by atoms with Crippen LogP contribution in [0.25, 0.3) is 0 Å². The highest BCUT2D eigenvalue weighted by molar-refractivity contribution is 5.95. The molecule has 2 aromatic carbocycles. The third-order valence-corrected chi connectivity index (χ3v) is 4.39. The Morgan fingerprint density at radius 2 is 1.84 bits per heavy atom. The van der Waals surface area contributed by atoms with Gasteiger partial charge in [-0.3, -0.25) is 4.79 Å². The minimum Gasteiger partial charge on any atom is -0.486 e. The second kappa shape index (κ2) is 6.72. The Hall–Kier alpha value is -2.60. The lowest BCUT2D eigenvalue weighted by Gasteiger charge is -2.33. The summed E-state index contributed by atoms with van der Waals surface area (Å²) in [6, 6.07) is 11.7. The van der Waals surface area contributed by atoms with Crippen molar-refractivity contribution >= 4 is 5.91 Å². The molecule has 1 fully saturated rings. The number of morpholine rings is 1. The Kier molecular flexibility index (Phi) is 4.28. The summed E-state index contributed by atoms with van der Waals surface area (Å²) in [5, 5.41) is 0. The van der Waals surface area contributed by atoms with Crippen LogP contribution in [-0.2, 0) is 4.74 Å². The van der Waals surface area contributed by atoms with Gasteiger partial charge in [0.15, 0.2) is 11.5 Å². The van der Waals surface area contributed by atoms with E-state index in [1.54, 1.807) is 41.3 Å². The lowest BCUT2D eigenvalue weighted by molar-refractivity contribution is -0.0243. The lowest BCUT2D eigenvalue weighted by Crippen LogP contribution is -2.42. The number of benzene rings is 2. The molecule has 4 rings (SSSR count). The average molecular weight is 343 g/mol. The maximum atomic E-state index is 14.0. The third-order valence-electron chi connectivity index (χ3n) is 4.39. The molecule has 2 aliphatic heterocycles. The number of amides is 1. The van der Waals surface area contributed by atoms with Gasteiger partial charge in [-0.1, -0.05) is 18.2 Å². The van der Waals surface area contributed by atoms with E-state index < -0.39 is 6.10 Å². The Labute approximate surface area is 144 Å². The van der Waals surface area contributed by atoms with Crippen LogP contribution in [0.5, 0.6) is 11.5 Å². The van der Waals surface area contributed by atoms with Crippen molar-refractivity contribution in [3.8, 4) is 11.5 Å². The Balaban J connectivity index is 1.53. The zero-order valence-electron chi connectivity index (χ0n) is 13.6. The molecule has 0 spiro atoms. The van der Waals surface area contributed by atoms with E-state index in [4.69, 9.17) is 14.2 Å². The fourth-order valence-electron chi connectivity index (χ4n) is 3.12. The molecule has 6 heteroatoms. The number of nitrogens with zero attached hydrogens (tertiary/aromatic N) is 1. The fourth-order valence-corrected chi connectivity index (χ4v) is 3.12. The number of ether oxygens (including phenoxy) is 3. The number of halogens is 1. The summed E-state index contributed by atoms with van der Waals surface area (Å²) in [4.78, 5) is 14.5. The first-order chi connectivity index (χ1) is 12.2. The van der Waals surface area contributed by atoms with E-state index in [0.717, 1.165) is 0 Å². The predicted molar refractivity (Wildman–Crippen MR) is 88.4 cm³/mol. The summed E-state index contributed by atoms with van der Waals surface area (Å²) in [5.74, 6) is 0.785. The van der Waals surface area contributed by atoms with Crippen LogP contribution in [0.4, 0.5) is 4.39 Å². The zero-order valence-corrected chi connectivity index (χ0v) is 13.6. The standard InChI is InChI=1S/C19H18FNO4/c20-15-4-2-1-3-14(15)18-12-21(7-8-23-18)19(22)13-5-6-16-17(11-13)25-10-9-24-16/h1-6,11,18H,7-10,12H2/t18-/m0/s1. The summed E-state index contributed by atoms with van der Waals surface area (Å²) in [7, 11) is 0. The molecule has 2 aromatic rings. The molecule has 130 valence electrons. The highest BCUT2D eigenvalue weighted by Crippen LogP contribution is 2.32. The molecule has 5 nitrogen and oxygen atoms in total. The largest absolute Gasteiger partial charge is 0.486 e. The molecule has 0 aliphatic carbocycles. The molecule has 0 unspecified atom stereocenters. The molecular weight excluding hydrogens is 325 g/mol. The third kappa shape index (κ3) is 3.17. The van der Waals surface area contributed by atoms with Crippen molar-refractivity contribution < 1.29 is 23.4 Å². The van der Waals surface area contributed by atoms with Gasteiger partial charge in [-0.2, -0.15) is 0 Å². The first-order valence-corrected chi connectivity index (χ1v) is 8.27. The van der Waals surface area contributed by atoms with Gasteiger partial charge in [0.05, 0.1) is 13.2 Å². The quantitative estimate of drug-likeness (QED) is 0.841. The van der Waals surface area contributed by atoms with Crippen molar-refractivity contribution in [1.29, 1.82) is 0 Å². The summed E-state index contributed by atoms with van der Waals surface area (Å²) in [5.41, 5.74) is 1.00. The number of hydrogen-bond acceptors (Lipinski definition) is 4. The molecule has 0 saturated carbocycles. The molecular formula is C19H18FNO4. The average Bonchev–Trinajstić information content (AvgIpc) is 2.67. The summed E-state index contributed by atoms with van der Waals surface area (Å²) < 4.78 is 30.7. The Morgan fingerprint density at radius 1 is 1.04 bits per heavy atom. The van der Waals surface area contributed by atoms with Crippen molar-refractivity contribution in [3.63, 3.8) is 0 Å². The molecule has 25 heavy (non-hydrogen) atoms. The van der Waals surface area contributed by atoms with E-state index >= 15 is 0 Å². The normalized spacial score (nSPS) is 19.6. The highest BCUT2D eigenvalue weighted by Gasteiger charge is 2.28. The van der Waals surface area contributed by atoms with E-state index in [0.29, 0.717) is 55.5 Å². The first kappa shape index (κ1) is 15.9. The van der Waals surface area contributed by atoms with Crippen LogP contribution in [0.1, 0.15) is 22.0 Å². The smallest absolute Gasteiger partial charge is 0.254 e. The number of rotatable bonds is 2. The van der Waals surface area contributed by atoms with Crippen LogP contribution in [0, 0.1) is 5.82 Å². The van der Waals surface area contributed by atoms with E-state index in [9.17, 15) is 9.18 Å². The second-order valence-corrected chi connectivity index (χ2v) is 5.99. The van der Waals surface area contributed by atoms with E-state index in [2.05, 4.69) is 0 Å². The van der Waals surface area contributed by atoms with Crippen LogP contribution in [0.2, 0.25) is 0 Å². The zero-order chi connectivity index (χ0) is 17.2. The van der Waals surface area contributed by atoms with Crippen molar-refractivity contribution in [1.82, 2.24) is 4.90 Å². The van der Waals surface area contributed by atoms with Gasteiger partial charge in [-0.25, -0.2) is 4.39 Å². The van der Waals surface area contributed by atoms with Gasteiger partial charge < -0.3 is 19.1 Å². The molecule has 1 atom stereocenters. The molecule has 2 aliphatic rings. The molecule has 1 amide bonds. The van der Waals surface area contributed by atoms with Crippen LogP contribution in [-0.4, -0.2) is 43.7 Å². The van der Waals surface area contributed by atoms with Crippen molar-refractivity contribution in [2.75, 3.05) is 32.9 Å². The molecule has 2 heterocycles. The monoisotopic (exact) mass is 343 g/mol. The molecule has 1 saturated heterocycles. The fraction of sp³-hybridized carbons (Fsp3) is 0.316. The molecule has 0 N–H and O–H groups in total.